The molecule has 3 aromatic rings. The van der Waals surface area contributed by atoms with E-state index >= 15 is 8.78 Å². The fourth-order valence-corrected chi connectivity index (χ4v) is 4.72. The molecule has 1 saturated heterocycles. The normalized spacial score (nSPS) is 16.8. The van der Waals surface area contributed by atoms with Crippen LogP contribution < -0.4 is 10.6 Å². The number of halogens is 4. The van der Waals surface area contributed by atoms with Gasteiger partial charge in [-0.05, 0) is 66.8 Å². The Kier molecular flexibility index (Phi) is 7.81. The van der Waals surface area contributed by atoms with Gasteiger partial charge < -0.3 is 10.6 Å². The van der Waals surface area contributed by atoms with Crippen molar-refractivity contribution in [1.29, 1.82) is 0 Å². The van der Waals surface area contributed by atoms with Crippen LogP contribution in [0.2, 0.25) is 5.02 Å². The van der Waals surface area contributed by atoms with Crippen LogP contribution in [0, 0.1) is 23.4 Å². The van der Waals surface area contributed by atoms with E-state index in [1.165, 1.54) is 29.2 Å². The molecule has 0 radical (unpaired) electrons. The van der Waals surface area contributed by atoms with Gasteiger partial charge >= 0.3 is 0 Å². The number of carbonyl (C=O) groups is 2. The Bertz CT molecular complexity index is 1310. The lowest BCUT2D eigenvalue weighted by atomic mass is 9.89. The van der Waals surface area contributed by atoms with Gasteiger partial charge in [-0.2, -0.15) is 0 Å². The number of ketones is 1. The summed E-state index contributed by atoms with van der Waals surface area (Å²) >= 11 is 5.75. The summed E-state index contributed by atoms with van der Waals surface area (Å²) in [6.45, 7) is 2.01. The van der Waals surface area contributed by atoms with Crippen LogP contribution in [0.4, 0.5) is 18.9 Å². The molecular formula is C28H26ClF3N2O2. The molecule has 0 saturated carbocycles. The Balaban J connectivity index is 1.52. The zero-order chi connectivity index (χ0) is 26.0. The summed E-state index contributed by atoms with van der Waals surface area (Å²) in [5.41, 5.74) is 7.28. The van der Waals surface area contributed by atoms with Gasteiger partial charge in [-0.3, -0.25) is 9.59 Å². The van der Waals surface area contributed by atoms with Crippen molar-refractivity contribution in [1.82, 2.24) is 0 Å². The van der Waals surface area contributed by atoms with Gasteiger partial charge in [0.2, 0.25) is 5.91 Å². The van der Waals surface area contributed by atoms with Crippen LogP contribution in [0.25, 0.3) is 11.1 Å². The lowest BCUT2D eigenvalue weighted by Gasteiger charge is -2.32. The van der Waals surface area contributed by atoms with Gasteiger partial charge in [-0.25, -0.2) is 13.2 Å². The molecule has 0 aromatic heterocycles. The number of nitrogens with zero attached hydrogens (tertiary/aromatic N) is 1. The van der Waals surface area contributed by atoms with E-state index < -0.39 is 29.3 Å². The molecule has 36 heavy (non-hydrogen) atoms. The van der Waals surface area contributed by atoms with Crippen LogP contribution in [0.5, 0.6) is 0 Å². The minimum absolute atomic E-state index is 0.0694. The molecule has 2 N–H and O–H groups in total. The highest BCUT2D eigenvalue weighted by Gasteiger charge is 2.33. The van der Waals surface area contributed by atoms with Crippen molar-refractivity contribution in [3.05, 3.63) is 88.2 Å². The third-order valence-electron chi connectivity index (χ3n) is 6.50. The van der Waals surface area contributed by atoms with E-state index in [-0.39, 0.29) is 53.0 Å². The van der Waals surface area contributed by atoms with E-state index in [0.717, 1.165) is 11.6 Å². The molecule has 1 aliphatic heterocycles. The first-order valence-electron chi connectivity index (χ1n) is 11.8. The topological polar surface area (TPSA) is 63.4 Å². The Morgan fingerprint density at radius 2 is 1.89 bits per heavy atom. The second-order valence-electron chi connectivity index (χ2n) is 9.16. The zero-order valence-corrected chi connectivity index (χ0v) is 20.5. The van der Waals surface area contributed by atoms with Crippen LogP contribution in [0.15, 0.2) is 54.6 Å². The molecule has 0 bridgehead atoms. The van der Waals surface area contributed by atoms with Gasteiger partial charge in [0.05, 0.1) is 5.69 Å². The van der Waals surface area contributed by atoms with Gasteiger partial charge in [0, 0.05) is 41.9 Å². The first-order valence-corrected chi connectivity index (χ1v) is 12.1. The average molecular weight is 515 g/mol. The number of hydrogen-bond acceptors (Lipinski definition) is 3. The summed E-state index contributed by atoms with van der Waals surface area (Å²) in [6, 6.07) is 13.5. The molecule has 1 unspecified atom stereocenters. The molecule has 1 fully saturated rings. The van der Waals surface area contributed by atoms with Crippen molar-refractivity contribution in [3.8, 4) is 11.1 Å². The zero-order valence-electron chi connectivity index (χ0n) is 19.7. The van der Waals surface area contributed by atoms with E-state index in [1.807, 2.05) is 6.07 Å². The van der Waals surface area contributed by atoms with Gasteiger partial charge in [0.1, 0.15) is 11.6 Å². The maximum atomic E-state index is 15.2. The predicted octanol–water partition coefficient (Wildman–Crippen LogP) is 6.39. The van der Waals surface area contributed by atoms with Crippen LogP contribution in [-0.2, 0) is 16.0 Å². The van der Waals surface area contributed by atoms with Crippen molar-refractivity contribution in [2.75, 3.05) is 11.4 Å². The van der Waals surface area contributed by atoms with Crippen molar-refractivity contribution in [3.63, 3.8) is 0 Å². The summed E-state index contributed by atoms with van der Waals surface area (Å²) in [6.07, 6.45) is 0.684. The van der Waals surface area contributed by atoms with E-state index in [0.29, 0.717) is 18.4 Å². The van der Waals surface area contributed by atoms with Gasteiger partial charge in [0.15, 0.2) is 11.6 Å². The van der Waals surface area contributed by atoms with Crippen LogP contribution in [-0.4, -0.2) is 18.2 Å². The number of carbonyl (C=O) groups excluding carboxylic acids is 2. The molecule has 2 atom stereocenters. The molecule has 8 heteroatoms. The minimum Gasteiger partial charge on any atom is -0.324 e. The Hall–Kier alpha value is -3.16. The molecule has 4 nitrogen and oxygen atoms in total. The van der Waals surface area contributed by atoms with Crippen molar-refractivity contribution >= 4 is 29.0 Å². The van der Waals surface area contributed by atoms with E-state index in [1.54, 1.807) is 25.1 Å². The van der Waals surface area contributed by atoms with Gasteiger partial charge in [0.25, 0.3) is 0 Å². The first-order chi connectivity index (χ1) is 17.2. The Morgan fingerprint density at radius 3 is 2.61 bits per heavy atom. The van der Waals surface area contributed by atoms with Crippen molar-refractivity contribution in [2.24, 2.45) is 11.7 Å². The number of Topliss-reactive ketones (excluding diaryl/α,β-unsaturated/α-hetero) is 1. The third kappa shape index (κ3) is 5.47. The fraction of sp³-hybridized carbons (Fsp3) is 0.286. The van der Waals surface area contributed by atoms with Crippen LogP contribution in [0.3, 0.4) is 0 Å². The number of piperidine rings is 1. The molecule has 1 amide bonds. The largest absolute Gasteiger partial charge is 0.324 e. The van der Waals surface area contributed by atoms with E-state index in [4.69, 9.17) is 17.3 Å². The van der Waals surface area contributed by atoms with E-state index in [9.17, 15) is 14.0 Å². The number of benzene rings is 3. The van der Waals surface area contributed by atoms with Crippen LogP contribution >= 0.6 is 11.6 Å². The summed E-state index contributed by atoms with van der Waals surface area (Å²) in [5.74, 6) is -4.22. The molecule has 0 spiro atoms. The van der Waals surface area contributed by atoms with Gasteiger partial charge in [-0.1, -0.05) is 35.9 Å². The molecule has 4 rings (SSSR count). The quantitative estimate of drug-likeness (QED) is 0.397. The second kappa shape index (κ2) is 10.8. The minimum atomic E-state index is -1.12. The highest BCUT2D eigenvalue weighted by atomic mass is 35.5. The van der Waals surface area contributed by atoms with Gasteiger partial charge in [-0.15, -0.1) is 0 Å². The number of nitrogens with two attached hydrogens (primary N) is 1. The summed E-state index contributed by atoms with van der Waals surface area (Å²) in [7, 11) is 0. The number of rotatable bonds is 7. The average Bonchev–Trinajstić information content (AvgIpc) is 2.84. The number of hydrogen-bond donors (Lipinski definition) is 1. The molecule has 0 aliphatic carbocycles. The lowest BCUT2D eigenvalue weighted by molar-refractivity contribution is -0.128. The standard InChI is InChI=1S/C28H26ClF3N2O2/c1-16(33)17-4-2-5-18(12-17)23-9-10-25(27(32)26(23)31)34-11-3-6-20(28(34)36)14-22(35)13-19-7-8-21(29)15-24(19)30/h2,4-5,7-10,12,15-16,20H,3,6,11,13-14,33H2,1H3/t16?,20-/m0/s1. The second-order valence-corrected chi connectivity index (χ2v) is 9.60. The predicted molar refractivity (Wildman–Crippen MR) is 134 cm³/mol. The molecule has 1 heterocycles. The van der Waals surface area contributed by atoms with Crippen molar-refractivity contribution < 1.29 is 22.8 Å². The molecule has 1 aliphatic rings. The maximum Gasteiger partial charge on any atom is 0.230 e. The highest BCUT2D eigenvalue weighted by Crippen LogP contribution is 2.34. The Morgan fingerprint density at radius 1 is 1.11 bits per heavy atom. The molecular weight excluding hydrogens is 489 g/mol. The Labute approximate surface area is 212 Å². The fourth-order valence-electron chi connectivity index (χ4n) is 4.56. The SMILES string of the molecule is CC(N)c1cccc(-c2ccc(N3CCC[C@@H](CC(=O)Cc4ccc(Cl)cc4F)C3=O)c(F)c2F)c1. The molecule has 3 aromatic carbocycles. The number of anilines is 1. The summed E-state index contributed by atoms with van der Waals surface area (Å²) in [4.78, 5) is 26.9. The third-order valence-corrected chi connectivity index (χ3v) is 6.74. The van der Waals surface area contributed by atoms with Crippen LogP contribution in [0.1, 0.15) is 43.4 Å². The summed E-state index contributed by atoms with van der Waals surface area (Å²) < 4.78 is 44.4. The molecule has 188 valence electrons. The maximum absolute atomic E-state index is 15.2. The summed E-state index contributed by atoms with van der Waals surface area (Å²) in [5, 5.41) is 0.226. The van der Waals surface area contributed by atoms with Crippen molar-refractivity contribution in [2.45, 2.75) is 38.6 Å². The highest BCUT2D eigenvalue weighted by molar-refractivity contribution is 6.30. The number of amides is 1. The first kappa shape index (κ1) is 25.9. The smallest absolute Gasteiger partial charge is 0.230 e. The monoisotopic (exact) mass is 514 g/mol. The lowest BCUT2D eigenvalue weighted by Crippen LogP contribution is -2.42. The van der Waals surface area contributed by atoms with E-state index in [2.05, 4.69) is 0 Å².